The summed E-state index contributed by atoms with van der Waals surface area (Å²) in [5, 5.41) is 22.8. The van der Waals surface area contributed by atoms with Gasteiger partial charge in [-0.2, -0.15) is 10.5 Å². The number of aromatic amines is 1. The highest BCUT2D eigenvalue weighted by atomic mass is 32.1. The highest BCUT2D eigenvalue weighted by Gasteiger charge is 2.36. The van der Waals surface area contributed by atoms with Crippen molar-refractivity contribution < 1.29 is 14.3 Å². The first-order chi connectivity index (χ1) is 14.9. The molecule has 0 amide bonds. The third-order valence-corrected chi connectivity index (χ3v) is 6.23. The van der Waals surface area contributed by atoms with Gasteiger partial charge in [0, 0.05) is 7.05 Å². The molecule has 3 aromatic rings. The number of nitrogens with two attached hydrogens (primary N) is 1. The van der Waals surface area contributed by atoms with Gasteiger partial charge >= 0.3 is 5.97 Å². The maximum Gasteiger partial charge on any atom is 0.337 e. The number of pyridine rings is 1. The Morgan fingerprint density at radius 2 is 2.00 bits per heavy atom. The van der Waals surface area contributed by atoms with Crippen molar-refractivity contribution in [3.63, 3.8) is 0 Å². The number of fused-ring (bicyclic) bond motifs is 3. The number of nitrogens with zero attached hydrogens (tertiary/aromatic N) is 2. The molecular formula is C21H15N5O4S. The zero-order valence-corrected chi connectivity index (χ0v) is 17.2. The van der Waals surface area contributed by atoms with Gasteiger partial charge in [0.05, 0.1) is 34.4 Å². The first-order valence-corrected chi connectivity index (χ1v) is 9.83. The molecule has 0 bridgehead atoms. The molecule has 2 aromatic heterocycles. The SMILES string of the molecule is CNc1sc2c3c(c(=O)[nH]c2c1C#N)[C@H](c1ccc(C(=O)OC)cc1)C(C#N)=C(N)O3. The van der Waals surface area contributed by atoms with Crippen LogP contribution in [0.15, 0.2) is 40.5 Å². The predicted octanol–water partition coefficient (Wildman–Crippen LogP) is 2.51. The van der Waals surface area contributed by atoms with Gasteiger partial charge in [-0.05, 0) is 17.7 Å². The average Bonchev–Trinajstić information content (AvgIpc) is 3.15. The maximum atomic E-state index is 13.1. The Bertz CT molecular complexity index is 1400. The van der Waals surface area contributed by atoms with E-state index in [9.17, 15) is 20.1 Å². The Hall–Kier alpha value is -4.28. The van der Waals surface area contributed by atoms with E-state index in [-0.39, 0.29) is 22.8 Å². The van der Waals surface area contributed by atoms with Crippen molar-refractivity contribution in [3.05, 3.63) is 68.3 Å². The number of carbonyl (C=O) groups excluding carboxylic acids is 1. The lowest BCUT2D eigenvalue weighted by Crippen LogP contribution is -2.27. The Labute approximate surface area is 179 Å². The molecule has 154 valence electrons. The van der Waals surface area contributed by atoms with Crippen LogP contribution in [0.2, 0.25) is 0 Å². The Morgan fingerprint density at radius 3 is 2.58 bits per heavy atom. The van der Waals surface area contributed by atoms with E-state index in [1.165, 1.54) is 18.4 Å². The molecule has 1 aliphatic heterocycles. The van der Waals surface area contributed by atoms with Gasteiger partial charge in [-0.25, -0.2) is 4.79 Å². The van der Waals surface area contributed by atoms with Crippen LogP contribution in [0.3, 0.4) is 0 Å². The summed E-state index contributed by atoms with van der Waals surface area (Å²) >= 11 is 1.24. The average molecular weight is 433 g/mol. The molecule has 1 aliphatic rings. The van der Waals surface area contributed by atoms with Crippen molar-refractivity contribution in [2.75, 3.05) is 19.5 Å². The number of ether oxygens (including phenoxy) is 2. The lowest BCUT2D eigenvalue weighted by atomic mass is 9.84. The van der Waals surface area contributed by atoms with E-state index in [2.05, 4.69) is 16.4 Å². The van der Waals surface area contributed by atoms with Crippen molar-refractivity contribution in [3.8, 4) is 17.9 Å². The lowest BCUT2D eigenvalue weighted by molar-refractivity contribution is 0.0600. The fourth-order valence-corrected chi connectivity index (χ4v) is 4.65. The summed E-state index contributed by atoms with van der Waals surface area (Å²) in [7, 11) is 2.95. The standard InChI is InChI=1S/C21H15N5O4S/c1-25-20-12(8-23)15-17(31-20)16-14(19(27)26-15)13(11(7-22)18(24)30-16)9-3-5-10(6-4-9)21(28)29-2/h3-6,13,25H,24H2,1-2H3,(H,26,27)/t13-/m1/s1. The fourth-order valence-electron chi connectivity index (χ4n) is 3.60. The van der Waals surface area contributed by atoms with E-state index in [1.54, 1.807) is 31.3 Å². The quantitative estimate of drug-likeness (QED) is 0.532. The molecule has 0 unspecified atom stereocenters. The number of hydrogen-bond acceptors (Lipinski definition) is 9. The number of carbonyl (C=O) groups is 1. The van der Waals surface area contributed by atoms with Crippen molar-refractivity contribution in [1.82, 2.24) is 4.98 Å². The van der Waals surface area contributed by atoms with Crippen molar-refractivity contribution in [1.29, 1.82) is 10.5 Å². The lowest BCUT2D eigenvalue weighted by Gasteiger charge is -2.26. The molecule has 9 nitrogen and oxygen atoms in total. The van der Waals surface area contributed by atoms with Crippen LogP contribution in [-0.2, 0) is 4.74 Å². The normalized spacial score (nSPS) is 14.9. The number of aromatic nitrogens is 1. The first-order valence-electron chi connectivity index (χ1n) is 9.01. The number of methoxy groups -OCH3 is 1. The van der Waals surface area contributed by atoms with Gasteiger partial charge in [0.1, 0.15) is 28.3 Å². The number of rotatable bonds is 3. The minimum atomic E-state index is -0.806. The molecule has 10 heteroatoms. The van der Waals surface area contributed by atoms with Gasteiger partial charge in [-0.15, -0.1) is 11.3 Å². The summed E-state index contributed by atoms with van der Waals surface area (Å²) in [4.78, 5) is 27.6. The van der Waals surface area contributed by atoms with Crippen molar-refractivity contribution in [2.45, 2.75) is 5.92 Å². The first kappa shape index (κ1) is 20.0. The van der Waals surface area contributed by atoms with E-state index >= 15 is 0 Å². The molecule has 0 saturated heterocycles. The summed E-state index contributed by atoms with van der Waals surface area (Å²) < 4.78 is 11.0. The molecule has 0 spiro atoms. The van der Waals surface area contributed by atoms with Crippen LogP contribution < -0.4 is 21.3 Å². The summed E-state index contributed by atoms with van der Waals surface area (Å²) in [5.74, 6) is -1.22. The Morgan fingerprint density at radius 1 is 1.29 bits per heavy atom. The maximum absolute atomic E-state index is 13.1. The van der Waals surface area contributed by atoms with Crippen LogP contribution in [-0.4, -0.2) is 25.1 Å². The Kier molecular flexibility index (Phi) is 4.85. The van der Waals surface area contributed by atoms with Crippen LogP contribution in [0, 0.1) is 22.7 Å². The molecule has 3 heterocycles. The number of allylic oxidation sites excluding steroid dienone is 1. The summed E-state index contributed by atoms with van der Waals surface area (Å²) in [6.07, 6.45) is 0. The van der Waals surface area contributed by atoms with Gasteiger partial charge in [0.15, 0.2) is 5.75 Å². The number of anilines is 1. The summed E-state index contributed by atoms with van der Waals surface area (Å²) in [6, 6.07) is 10.5. The van der Waals surface area contributed by atoms with Gasteiger partial charge in [-0.3, -0.25) is 4.79 Å². The van der Waals surface area contributed by atoms with Crippen molar-refractivity contribution in [2.24, 2.45) is 5.73 Å². The minimum Gasteiger partial charge on any atom is -0.465 e. The van der Waals surface area contributed by atoms with Crippen LogP contribution in [0.1, 0.15) is 33.0 Å². The molecule has 1 aromatic carbocycles. The fraction of sp³-hybridized carbons (Fsp3) is 0.143. The van der Waals surface area contributed by atoms with E-state index < -0.39 is 17.4 Å². The van der Waals surface area contributed by atoms with E-state index in [1.807, 2.05) is 6.07 Å². The van der Waals surface area contributed by atoms with Crippen LogP contribution in [0.4, 0.5) is 5.00 Å². The number of H-pyrrole nitrogens is 1. The van der Waals surface area contributed by atoms with Crippen LogP contribution in [0.25, 0.3) is 10.2 Å². The molecule has 31 heavy (non-hydrogen) atoms. The smallest absolute Gasteiger partial charge is 0.337 e. The number of thiophene rings is 1. The largest absolute Gasteiger partial charge is 0.465 e. The number of nitriles is 2. The number of hydrogen-bond donors (Lipinski definition) is 3. The second-order valence-electron chi connectivity index (χ2n) is 6.61. The van der Waals surface area contributed by atoms with E-state index in [4.69, 9.17) is 15.2 Å². The predicted molar refractivity (Wildman–Crippen MR) is 114 cm³/mol. The molecule has 4 N–H and O–H groups in total. The monoisotopic (exact) mass is 433 g/mol. The van der Waals surface area contributed by atoms with Gasteiger partial charge < -0.3 is 25.5 Å². The molecule has 4 rings (SSSR count). The highest BCUT2D eigenvalue weighted by molar-refractivity contribution is 7.23. The summed E-state index contributed by atoms with van der Waals surface area (Å²) in [5.41, 5.74) is 7.38. The van der Waals surface area contributed by atoms with Gasteiger partial charge in [0.2, 0.25) is 5.88 Å². The number of esters is 1. The van der Waals surface area contributed by atoms with E-state index in [0.717, 1.165) is 0 Å². The van der Waals surface area contributed by atoms with Crippen LogP contribution >= 0.6 is 11.3 Å². The molecule has 0 saturated carbocycles. The minimum absolute atomic E-state index is 0.0778. The van der Waals surface area contributed by atoms with Gasteiger partial charge in [-0.1, -0.05) is 12.1 Å². The van der Waals surface area contributed by atoms with Gasteiger partial charge in [0.25, 0.3) is 5.56 Å². The molecule has 1 atom stereocenters. The Balaban J connectivity index is 2.00. The molecule has 0 fully saturated rings. The number of nitrogens with one attached hydrogen (secondary N) is 2. The topological polar surface area (TPSA) is 154 Å². The highest BCUT2D eigenvalue weighted by Crippen LogP contribution is 2.47. The molecular weight excluding hydrogens is 418 g/mol. The second-order valence-corrected chi connectivity index (χ2v) is 7.63. The third-order valence-electron chi connectivity index (χ3n) is 5.02. The number of benzene rings is 1. The summed E-state index contributed by atoms with van der Waals surface area (Å²) in [6.45, 7) is 0. The zero-order chi connectivity index (χ0) is 22.3. The van der Waals surface area contributed by atoms with Crippen LogP contribution in [0.5, 0.6) is 5.75 Å². The van der Waals surface area contributed by atoms with Crippen molar-refractivity contribution >= 4 is 32.5 Å². The molecule has 0 aliphatic carbocycles. The third kappa shape index (κ3) is 2.98. The molecule has 0 radical (unpaired) electrons. The second kappa shape index (κ2) is 7.52. The zero-order valence-electron chi connectivity index (χ0n) is 16.4. The van der Waals surface area contributed by atoms with E-state index in [0.29, 0.717) is 31.9 Å².